The number of fused-ring (bicyclic) bond motifs is 2. The van der Waals surface area contributed by atoms with Crippen molar-refractivity contribution < 1.29 is 9.15 Å². The van der Waals surface area contributed by atoms with Crippen molar-refractivity contribution in [1.82, 2.24) is 19.6 Å². The highest BCUT2D eigenvalue weighted by molar-refractivity contribution is 5.81. The summed E-state index contributed by atoms with van der Waals surface area (Å²) in [4.78, 5) is 19.8. The van der Waals surface area contributed by atoms with Crippen molar-refractivity contribution in [2.24, 2.45) is 0 Å². The van der Waals surface area contributed by atoms with Crippen LogP contribution >= 0.6 is 0 Å². The fourth-order valence-electron chi connectivity index (χ4n) is 2.46. The van der Waals surface area contributed by atoms with Crippen molar-refractivity contribution in [3.05, 3.63) is 58.3 Å². The number of aromatic nitrogens is 4. The Kier molecular flexibility index (Phi) is 2.87. The number of benzene rings is 1. The molecule has 7 heteroatoms. The van der Waals surface area contributed by atoms with Crippen LogP contribution in [0.25, 0.3) is 16.7 Å². The molecular weight excluding hydrogens is 296 g/mol. The van der Waals surface area contributed by atoms with Gasteiger partial charge in [-0.25, -0.2) is 9.78 Å². The first-order valence-corrected chi connectivity index (χ1v) is 7.00. The van der Waals surface area contributed by atoms with E-state index in [1.54, 1.807) is 12.1 Å². The number of nitrogens with zero attached hydrogens (tertiary/aromatic N) is 4. The molecule has 23 heavy (non-hydrogen) atoms. The van der Waals surface area contributed by atoms with Crippen LogP contribution in [0.3, 0.4) is 0 Å². The van der Waals surface area contributed by atoms with E-state index in [9.17, 15) is 4.79 Å². The first-order chi connectivity index (χ1) is 11.1. The summed E-state index contributed by atoms with van der Waals surface area (Å²) in [6.07, 6.45) is 1.41. The van der Waals surface area contributed by atoms with E-state index in [4.69, 9.17) is 9.15 Å². The zero-order valence-corrected chi connectivity index (χ0v) is 12.5. The molecule has 4 aromatic rings. The molecule has 114 valence electrons. The topological polar surface area (TPSA) is 82.5 Å². The Labute approximate surface area is 130 Å². The maximum atomic E-state index is 11.5. The van der Waals surface area contributed by atoms with Gasteiger partial charge in [-0.05, 0) is 31.5 Å². The van der Waals surface area contributed by atoms with Crippen LogP contribution in [0.4, 0.5) is 0 Å². The average Bonchev–Trinajstić information content (AvgIpc) is 2.95. The van der Waals surface area contributed by atoms with E-state index >= 15 is 0 Å². The Balaban J connectivity index is 1.83. The molecule has 0 amide bonds. The van der Waals surface area contributed by atoms with Gasteiger partial charge in [-0.2, -0.15) is 14.6 Å². The Bertz CT molecular complexity index is 1100. The quantitative estimate of drug-likeness (QED) is 0.529. The number of hydrogen-bond donors (Lipinski definition) is 0. The Hall–Kier alpha value is -3.22. The summed E-state index contributed by atoms with van der Waals surface area (Å²) in [6, 6.07) is 8.58. The van der Waals surface area contributed by atoms with Gasteiger partial charge in [0.05, 0.1) is 0 Å². The minimum atomic E-state index is -0.384. The van der Waals surface area contributed by atoms with Crippen molar-refractivity contribution in [3.63, 3.8) is 0 Å². The molecule has 0 unspecified atom stereocenters. The average molecular weight is 308 g/mol. The van der Waals surface area contributed by atoms with Crippen LogP contribution in [0, 0.1) is 13.8 Å². The van der Waals surface area contributed by atoms with Crippen molar-refractivity contribution in [3.8, 4) is 11.6 Å². The van der Waals surface area contributed by atoms with Crippen LogP contribution in [-0.2, 0) is 0 Å². The van der Waals surface area contributed by atoms with Crippen molar-refractivity contribution in [1.29, 1.82) is 0 Å². The van der Waals surface area contributed by atoms with Crippen LogP contribution in [0.2, 0.25) is 0 Å². The van der Waals surface area contributed by atoms with E-state index in [-0.39, 0.29) is 5.63 Å². The zero-order valence-electron chi connectivity index (χ0n) is 12.5. The van der Waals surface area contributed by atoms with Crippen LogP contribution in [0.5, 0.6) is 11.6 Å². The van der Waals surface area contributed by atoms with E-state index in [2.05, 4.69) is 15.1 Å². The molecule has 0 spiro atoms. The Morgan fingerprint density at radius 1 is 1.17 bits per heavy atom. The fourth-order valence-corrected chi connectivity index (χ4v) is 2.46. The van der Waals surface area contributed by atoms with Crippen molar-refractivity contribution >= 4 is 16.7 Å². The van der Waals surface area contributed by atoms with Gasteiger partial charge >= 0.3 is 5.63 Å². The molecule has 0 saturated heterocycles. The lowest BCUT2D eigenvalue weighted by Gasteiger charge is -2.08. The molecular formula is C16H12N4O3. The number of ether oxygens (including phenoxy) is 1. The van der Waals surface area contributed by atoms with Gasteiger partial charge in [0.2, 0.25) is 5.88 Å². The van der Waals surface area contributed by atoms with Crippen LogP contribution in [0.15, 0.2) is 45.9 Å². The maximum Gasteiger partial charge on any atom is 0.336 e. The van der Waals surface area contributed by atoms with E-state index < -0.39 is 0 Å². The normalized spacial score (nSPS) is 11.2. The molecule has 0 saturated carbocycles. The van der Waals surface area contributed by atoms with Crippen LogP contribution in [-0.4, -0.2) is 19.6 Å². The standard InChI is InChI=1S/C16H12N4O3/c1-9-5-15(21)23-13-7-11(3-4-12(9)13)22-14-6-10(2)19-16-17-8-18-20(14)16/h3-8H,1-2H3. The van der Waals surface area contributed by atoms with Crippen LogP contribution in [0.1, 0.15) is 11.3 Å². The van der Waals surface area contributed by atoms with E-state index in [1.807, 2.05) is 26.0 Å². The number of hydrogen-bond acceptors (Lipinski definition) is 6. The molecule has 0 radical (unpaired) electrons. The van der Waals surface area contributed by atoms with Crippen molar-refractivity contribution in [2.45, 2.75) is 13.8 Å². The highest BCUT2D eigenvalue weighted by Crippen LogP contribution is 2.26. The lowest BCUT2D eigenvalue weighted by molar-refractivity contribution is 0.444. The number of rotatable bonds is 2. The van der Waals surface area contributed by atoms with Crippen LogP contribution < -0.4 is 10.4 Å². The van der Waals surface area contributed by atoms with Gasteiger partial charge in [-0.1, -0.05) is 0 Å². The molecule has 1 aromatic carbocycles. The molecule has 0 fully saturated rings. The SMILES string of the molecule is Cc1cc(Oc2ccc3c(C)cc(=O)oc3c2)n2ncnc2n1. The molecule has 0 bridgehead atoms. The molecule has 3 aromatic heterocycles. The van der Waals surface area contributed by atoms with Gasteiger partial charge in [-0.15, -0.1) is 0 Å². The second-order valence-electron chi connectivity index (χ2n) is 5.22. The predicted octanol–water partition coefficient (Wildman–Crippen LogP) is 2.64. The predicted molar refractivity (Wildman–Crippen MR) is 82.8 cm³/mol. The number of aryl methyl sites for hydroxylation is 2. The molecule has 7 nitrogen and oxygen atoms in total. The minimum Gasteiger partial charge on any atom is -0.439 e. The summed E-state index contributed by atoms with van der Waals surface area (Å²) in [5, 5.41) is 4.96. The molecule has 4 rings (SSSR count). The molecule has 0 aliphatic rings. The van der Waals surface area contributed by atoms with Gasteiger partial charge in [0, 0.05) is 29.3 Å². The van der Waals surface area contributed by atoms with E-state index in [0.29, 0.717) is 23.0 Å². The summed E-state index contributed by atoms with van der Waals surface area (Å²) in [5.41, 5.74) is 1.73. The van der Waals surface area contributed by atoms with Gasteiger partial charge in [0.1, 0.15) is 17.7 Å². The lowest BCUT2D eigenvalue weighted by Crippen LogP contribution is -2.00. The molecule has 0 N–H and O–H groups in total. The third-order valence-electron chi connectivity index (χ3n) is 3.49. The summed E-state index contributed by atoms with van der Waals surface area (Å²) >= 11 is 0. The monoisotopic (exact) mass is 308 g/mol. The van der Waals surface area contributed by atoms with Gasteiger partial charge in [-0.3, -0.25) is 0 Å². The van der Waals surface area contributed by atoms with Gasteiger partial charge in [0.25, 0.3) is 5.78 Å². The third kappa shape index (κ3) is 2.32. The second-order valence-corrected chi connectivity index (χ2v) is 5.22. The molecule has 0 atom stereocenters. The van der Waals surface area contributed by atoms with Gasteiger partial charge < -0.3 is 9.15 Å². The van der Waals surface area contributed by atoms with E-state index in [0.717, 1.165) is 16.6 Å². The van der Waals surface area contributed by atoms with Gasteiger partial charge in [0.15, 0.2) is 0 Å². The summed E-state index contributed by atoms with van der Waals surface area (Å²) < 4.78 is 12.6. The Morgan fingerprint density at radius 2 is 2.04 bits per heavy atom. The lowest BCUT2D eigenvalue weighted by atomic mass is 10.1. The summed E-state index contributed by atoms with van der Waals surface area (Å²) in [7, 11) is 0. The largest absolute Gasteiger partial charge is 0.439 e. The fraction of sp³-hybridized carbons (Fsp3) is 0.125. The summed E-state index contributed by atoms with van der Waals surface area (Å²) in [5.74, 6) is 1.48. The molecule has 3 heterocycles. The molecule has 0 aliphatic heterocycles. The first-order valence-electron chi connectivity index (χ1n) is 7.00. The van der Waals surface area contributed by atoms with E-state index in [1.165, 1.54) is 16.9 Å². The smallest absolute Gasteiger partial charge is 0.336 e. The maximum absolute atomic E-state index is 11.5. The second kappa shape index (κ2) is 4.91. The Morgan fingerprint density at radius 3 is 2.91 bits per heavy atom. The first kappa shape index (κ1) is 13.4. The summed E-state index contributed by atoms with van der Waals surface area (Å²) in [6.45, 7) is 3.72. The zero-order chi connectivity index (χ0) is 16.0. The van der Waals surface area contributed by atoms with Crippen molar-refractivity contribution in [2.75, 3.05) is 0 Å². The highest BCUT2D eigenvalue weighted by Gasteiger charge is 2.09. The minimum absolute atomic E-state index is 0.384. The third-order valence-corrected chi connectivity index (χ3v) is 3.49. The highest BCUT2D eigenvalue weighted by atomic mass is 16.5. The molecule has 0 aliphatic carbocycles.